The van der Waals surface area contributed by atoms with E-state index in [4.69, 9.17) is 4.74 Å². The van der Waals surface area contributed by atoms with Gasteiger partial charge in [0, 0.05) is 6.08 Å². The Morgan fingerprint density at radius 3 is 2.46 bits per heavy atom. The van der Waals surface area contributed by atoms with Crippen molar-refractivity contribution in [2.75, 3.05) is 6.61 Å². The van der Waals surface area contributed by atoms with Gasteiger partial charge in [-0.3, -0.25) is 20.4 Å². The Bertz CT molecular complexity index is 989. The van der Waals surface area contributed by atoms with Crippen LogP contribution in [0, 0.1) is 0 Å². The quantitative estimate of drug-likeness (QED) is 0.511. The van der Waals surface area contributed by atoms with E-state index in [1.807, 2.05) is 66.7 Å². The fourth-order valence-corrected chi connectivity index (χ4v) is 2.74. The molecule has 0 aromatic heterocycles. The second-order valence-electron chi connectivity index (χ2n) is 6.23. The van der Waals surface area contributed by atoms with Crippen molar-refractivity contribution in [3.05, 3.63) is 83.9 Å². The summed E-state index contributed by atoms with van der Waals surface area (Å²) >= 11 is 0. The number of hydrazine groups is 1. The number of nitrogens with one attached hydrogen (secondary N) is 2. The van der Waals surface area contributed by atoms with E-state index in [-0.39, 0.29) is 6.61 Å². The summed E-state index contributed by atoms with van der Waals surface area (Å²) < 4.78 is 5.40. The summed E-state index contributed by atoms with van der Waals surface area (Å²) in [7, 11) is 0. The molecule has 0 radical (unpaired) electrons. The van der Waals surface area contributed by atoms with Crippen molar-refractivity contribution in [3.63, 3.8) is 0 Å². The molecule has 0 bridgehead atoms. The maximum absolute atomic E-state index is 11.9. The van der Waals surface area contributed by atoms with Crippen molar-refractivity contribution in [2.24, 2.45) is 0 Å². The second-order valence-corrected chi connectivity index (χ2v) is 6.23. The van der Waals surface area contributed by atoms with Crippen LogP contribution in [0.25, 0.3) is 16.8 Å². The molecule has 3 aromatic rings. The molecule has 142 valence electrons. The highest BCUT2D eigenvalue weighted by atomic mass is 16.5. The highest BCUT2D eigenvalue weighted by Gasteiger charge is 2.04. The molecule has 5 nitrogen and oxygen atoms in total. The number of hydrogen-bond donors (Lipinski definition) is 2. The summed E-state index contributed by atoms with van der Waals surface area (Å²) in [5.74, 6) is -0.255. The van der Waals surface area contributed by atoms with Crippen LogP contribution in [0.5, 0.6) is 5.75 Å². The molecule has 0 unspecified atom stereocenters. The van der Waals surface area contributed by atoms with Crippen LogP contribution in [0.1, 0.15) is 18.1 Å². The molecule has 2 amide bonds. The van der Waals surface area contributed by atoms with E-state index in [1.165, 1.54) is 11.6 Å². The first-order valence-electron chi connectivity index (χ1n) is 9.12. The first kappa shape index (κ1) is 19.2. The van der Waals surface area contributed by atoms with E-state index >= 15 is 0 Å². The minimum absolute atomic E-state index is 0.182. The molecule has 0 spiro atoms. The van der Waals surface area contributed by atoms with Crippen molar-refractivity contribution in [1.82, 2.24) is 10.9 Å². The molecule has 0 aliphatic rings. The van der Waals surface area contributed by atoms with Crippen LogP contribution in [0.4, 0.5) is 0 Å². The molecule has 3 aromatic carbocycles. The van der Waals surface area contributed by atoms with Gasteiger partial charge < -0.3 is 4.74 Å². The zero-order valence-corrected chi connectivity index (χ0v) is 15.6. The Morgan fingerprint density at radius 2 is 1.68 bits per heavy atom. The fourth-order valence-electron chi connectivity index (χ4n) is 2.74. The number of amides is 2. The van der Waals surface area contributed by atoms with Gasteiger partial charge in [-0.15, -0.1) is 0 Å². The Balaban J connectivity index is 1.48. The number of ether oxygens (including phenoxy) is 1. The average Bonchev–Trinajstić information content (AvgIpc) is 2.75. The molecule has 0 saturated carbocycles. The highest BCUT2D eigenvalue weighted by Crippen LogP contribution is 2.19. The summed E-state index contributed by atoms with van der Waals surface area (Å²) in [5.41, 5.74) is 6.81. The summed E-state index contributed by atoms with van der Waals surface area (Å²) in [4.78, 5) is 23.8. The van der Waals surface area contributed by atoms with Crippen LogP contribution in [-0.4, -0.2) is 18.4 Å². The van der Waals surface area contributed by atoms with Gasteiger partial charge in [-0.1, -0.05) is 61.5 Å². The topological polar surface area (TPSA) is 67.4 Å². The first-order valence-corrected chi connectivity index (χ1v) is 9.12. The van der Waals surface area contributed by atoms with Crippen LogP contribution in [0.3, 0.4) is 0 Å². The van der Waals surface area contributed by atoms with Gasteiger partial charge in [0.05, 0.1) is 0 Å². The minimum atomic E-state index is -0.438. The largest absolute Gasteiger partial charge is 0.484 e. The van der Waals surface area contributed by atoms with E-state index < -0.39 is 11.8 Å². The number of hydrogen-bond acceptors (Lipinski definition) is 3. The highest BCUT2D eigenvalue weighted by molar-refractivity contribution is 5.97. The Kier molecular flexibility index (Phi) is 6.41. The molecule has 0 aliphatic carbocycles. The van der Waals surface area contributed by atoms with E-state index in [0.29, 0.717) is 5.75 Å². The molecule has 0 atom stereocenters. The van der Waals surface area contributed by atoms with Crippen molar-refractivity contribution in [1.29, 1.82) is 0 Å². The van der Waals surface area contributed by atoms with Gasteiger partial charge in [-0.05, 0) is 46.5 Å². The number of carbonyl (C=O) groups is 2. The van der Waals surface area contributed by atoms with Crippen molar-refractivity contribution >= 4 is 28.7 Å². The third-order valence-electron chi connectivity index (χ3n) is 4.26. The van der Waals surface area contributed by atoms with Crippen LogP contribution in [0.2, 0.25) is 0 Å². The molecule has 3 rings (SSSR count). The molecule has 2 N–H and O–H groups in total. The predicted molar refractivity (Wildman–Crippen MR) is 111 cm³/mol. The molecule has 0 fully saturated rings. The summed E-state index contributed by atoms with van der Waals surface area (Å²) in [6, 6.07) is 21.4. The van der Waals surface area contributed by atoms with Gasteiger partial charge in [0.25, 0.3) is 11.8 Å². The van der Waals surface area contributed by atoms with Crippen LogP contribution < -0.4 is 15.6 Å². The molecular formula is C23H22N2O3. The standard InChI is InChI=1S/C23H22N2O3/c1-2-17-10-13-20(14-11-17)28-16-23(27)25-24-22(26)15-12-19-8-5-7-18-6-3-4-9-21(18)19/h3-15H,2,16H2,1H3,(H,24,26)(H,25,27). The lowest BCUT2D eigenvalue weighted by atomic mass is 10.0. The molecule has 0 saturated heterocycles. The summed E-state index contributed by atoms with van der Waals surface area (Å²) in [5, 5.41) is 2.16. The SMILES string of the molecule is CCc1ccc(OCC(=O)NNC(=O)C=Cc2cccc3ccccc23)cc1. The summed E-state index contributed by atoms with van der Waals surface area (Å²) in [6.45, 7) is 1.89. The number of fused-ring (bicyclic) bond motifs is 1. The Labute approximate surface area is 164 Å². The monoisotopic (exact) mass is 374 g/mol. The molecule has 5 heteroatoms. The van der Waals surface area contributed by atoms with Gasteiger partial charge in [0.1, 0.15) is 5.75 Å². The number of rotatable bonds is 6. The van der Waals surface area contributed by atoms with Crippen LogP contribution >= 0.6 is 0 Å². The maximum atomic E-state index is 11.9. The summed E-state index contributed by atoms with van der Waals surface area (Å²) in [6.07, 6.45) is 4.04. The van der Waals surface area contributed by atoms with E-state index in [2.05, 4.69) is 17.8 Å². The van der Waals surface area contributed by atoms with Gasteiger partial charge in [-0.25, -0.2) is 0 Å². The van der Waals surface area contributed by atoms with Gasteiger partial charge in [0.2, 0.25) is 0 Å². The fraction of sp³-hybridized carbons (Fsp3) is 0.130. The second kappa shape index (κ2) is 9.37. The third-order valence-corrected chi connectivity index (χ3v) is 4.26. The van der Waals surface area contributed by atoms with Crippen LogP contribution in [0.15, 0.2) is 72.8 Å². The smallest absolute Gasteiger partial charge is 0.276 e. The van der Waals surface area contributed by atoms with Crippen molar-refractivity contribution in [3.8, 4) is 5.75 Å². The van der Waals surface area contributed by atoms with E-state index in [0.717, 1.165) is 22.8 Å². The Hall–Kier alpha value is -3.60. The minimum Gasteiger partial charge on any atom is -0.484 e. The predicted octanol–water partition coefficient (Wildman–Crippen LogP) is 3.64. The van der Waals surface area contributed by atoms with Gasteiger partial charge >= 0.3 is 0 Å². The molecular weight excluding hydrogens is 352 g/mol. The lowest BCUT2D eigenvalue weighted by molar-refractivity contribution is -0.128. The zero-order chi connectivity index (χ0) is 19.8. The van der Waals surface area contributed by atoms with Crippen LogP contribution in [-0.2, 0) is 16.0 Å². The number of aryl methyl sites for hydroxylation is 1. The molecule has 28 heavy (non-hydrogen) atoms. The average molecular weight is 374 g/mol. The third kappa shape index (κ3) is 5.20. The van der Waals surface area contributed by atoms with Gasteiger partial charge in [0.15, 0.2) is 6.61 Å². The lowest BCUT2D eigenvalue weighted by Crippen LogP contribution is -2.43. The normalized spacial score (nSPS) is 10.8. The van der Waals surface area contributed by atoms with Crippen molar-refractivity contribution < 1.29 is 14.3 Å². The molecule has 0 heterocycles. The maximum Gasteiger partial charge on any atom is 0.276 e. The zero-order valence-electron chi connectivity index (χ0n) is 15.6. The molecule has 0 aliphatic heterocycles. The lowest BCUT2D eigenvalue weighted by Gasteiger charge is -2.08. The first-order chi connectivity index (χ1) is 13.7. The number of benzene rings is 3. The van der Waals surface area contributed by atoms with Gasteiger partial charge in [-0.2, -0.15) is 0 Å². The number of carbonyl (C=O) groups excluding carboxylic acids is 2. The van der Waals surface area contributed by atoms with Crippen molar-refractivity contribution in [2.45, 2.75) is 13.3 Å². The van der Waals surface area contributed by atoms with E-state index in [9.17, 15) is 9.59 Å². The Morgan fingerprint density at radius 1 is 0.929 bits per heavy atom. The van der Waals surface area contributed by atoms with E-state index in [1.54, 1.807) is 6.08 Å².